The second-order valence-corrected chi connectivity index (χ2v) is 2.42. The zero-order valence-corrected chi connectivity index (χ0v) is 6.35. The Morgan fingerprint density at radius 3 is 2.90 bits per heavy atom. The lowest BCUT2D eigenvalue weighted by Crippen LogP contribution is -1.82. The first-order valence-corrected chi connectivity index (χ1v) is 3.80. The summed E-state index contributed by atoms with van der Waals surface area (Å²) >= 11 is 0. The Labute approximate surface area is 62.9 Å². The molecule has 1 rings (SSSR count). The fourth-order valence-electron chi connectivity index (χ4n) is 0.899. The molecule has 0 amide bonds. The van der Waals surface area contributed by atoms with Crippen LogP contribution in [-0.4, -0.2) is 0 Å². The molecule has 0 spiro atoms. The van der Waals surface area contributed by atoms with E-state index in [1.807, 2.05) is 18.2 Å². The molecular weight excluding hydrogens is 120 g/mol. The zero-order valence-electron chi connectivity index (χ0n) is 6.35. The van der Waals surface area contributed by atoms with Crippen molar-refractivity contribution in [3.8, 4) is 0 Å². The summed E-state index contributed by atoms with van der Waals surface area (Å²) in [7, 11) is 0. The third-order valence-corrected chi connectivity index (χ3v) is 1.51. The highest BCUT2D eigenvalue weighted by molar-refractivity contribution is 5.11. The number of benzene rings is 1. The monoisotopic (exact) mass is 132 g/mol. The van der Waals surface area contributed by atoms with Gasteiger partial charge in [-0.15, -0.1) is 0 Å². The average molecular weight is 132 g/mol. The van der Waals surface area contributed by atoms with Crippen LogP contribution in [-0.2, 0) is 6.42 Å². The minimum absolute atomic E-state index is 1.15. The Morgan fingerprint density at radius 2 is 2.30 bits per heavy atom. The molecule has 0 heterocycles. The Bertz CT molecular complexity index is 165. The summed E-state index contributed by atoms with van der Waals surface area (Å²) in [6, 6.07) is 12.0. The molecule has 0 aliphatic carbocycles. The highest BCUT2D eigenvalue weighted by atomic mass is 13.9. The predicted molar refractivity (Wildman–Crippen MR) is 42.7 cm³/mol. The van der Waals surface area contributed by atoms with Gasteiger partial charge in [0.1, 0.15) is 0 Å². The molecule has 0 nitrogen and oxygen atoms in total. The first kappa shape index (κ1) is 7.33. The van der Waals surface area contributed by atoms with E-state index in [9.17, 15) is 0 Å². The average Bonchev–Trinajstić information content (AvgIpc) is 2.03. The van der Waals surface area contributed by atoms with Crippen LogP contribution >= 0.6 is 0 Å². The molecule has 1 aromatic carbocycles. The Hall–Kier alpha value is -0.780. The summed E-state index contributed by atoms with van der Waals surface area (Å²) in [5.74, 6) is 0. The molecule has 1 aromatic rings. The molecule has 0 N–H and O–H groups in total. The second-order valence-electron chi connectivity index (χ2n) is 2.42. The normalized spacial score (nSPS) is 9.70. The van der Waals surface area contributed by atoms with Crippen molar-refractivity contribution in [2.75, 3.05) is 0 Å². The van der Waals surface area contributed by atoms with Gasteiger partial charge in [-0.3, -0.25) is 0 Å². The topological polar surface area (TPSA) is 0 Å². The summed E-state index contributed by atoms with van der Waals surface area (Å²) in [4.78, 5) is 0. The molecule has 0 aliphatic heterocycles. The summed E-state index contributed by atoms with van der Waals surface area (Å²) in [5.41, 5.74) is 1.28. The van der Waals surface area contributed by atoms with Crippen LogP contribution in [0.1, 0.15) is 25.3 Å². The molecule has 0 fully saturated rings. The Balaban J connectivity index is 2.43. The lowest BCUT2D eigenvalue weighted by Gasteiger charge is -1.95. The van der Waals surface area contributed by atoms with Gasteiger partial charge in [-0.25, -0.2) is 0 Å². The van der Waals surface area contributed by atoms with E-state index in [0.29, 0.717) is 0 Å². The van der Waals surface area contributed by atoms with Crippen LogP contribution in [0.5, 0.6) is 0 Å². The molecule has 0 saturated carbocycles. The van der Waals surface area contributed by atoms with Crippen molar-refractivity contribution >= 4 is 0 Å². The van der Waals surface area contributed by atoms with Crippen LogP contribution in [0.15, 0.2) is 18.2 Å². The van der Waals surface area contributed by atoms with Crippen LogP contribution in [0.25, 0.3) is 0 Å². The standard InChI is InChI=1S/C10H12/c1-2-3-7-10-8-5-4-6-9-10/h4-5,9H,2-3,7H2,1H3. The van der Waals surface area contributed by atoms with Crippen molar-refractivity contribution in [3.63, 3.8) is 0 Å². The molecule has 0 atom stereocenters. The van der Waals surface area contributed by atoms with Crippen molar-refractivity contribution in [2.45, 2.75) is 26.2 Å². The number of unbranched alkanes of at least 4 members (excludes halogenated alkanes) is 1. The van der Waals surface area contributed by atoms with Gasteiger partial charge in [0, 0.05) is 0 Å². The van der Waals surface area contributed by atoms with E-state index < -0.39 is 0 Å². The quantitative estimate of drug-likeness (QED) is 0.593. The lowest BCUT2D eigenvalue weighted by atomic mass is 10.1. The molecule has 52 valence electrons. The number of hydrogen-bond donors (Lipinski definition) is 0. The van der Waals surface area contributed by atoms with Gasteiger partial charge in [0.05, 0.1) is 0 Å². The van der Waals surface area contributed by atoms with Gasteiger partial charge in [0.2, 0.25) is 0 Å². The smallest absolute Gasteiger partial charge is 0.0149 e. The molecular formula is C10H12. The molecule has 0 bridgehead atoms. The van der Waals surface area contributed by atoms with Gasteiger partial charge in [0.25, 0.3) is 0 Å². The van der Waals surface area contributed by atoms with Crippen molar-refractivity contribution in [1.29, 1.82) is 0 Å². The number of hydrogen-bond acceptors (Lipinski definition) is 0. The van der Waals surface area contributed by atoms with E-state index in [4.69, 9.17) is 0 Å². The highest BCUT2D eigenvalue weighted by Gasteiger charge is 1.88. The van der Waals surface area contributed by atoms with Gasteiger partial charge in [-0.2, -0.15) is 0 Å². The largest absolute Gasteiger partial charge is 0.0654 e. The third-order valence-electron chi connectivity index (χ3n) is 1.51. The summed E-state index contributed by atoms with van der Waals surface area (Å²) in [6.07, 6.45) is 3.66. The Morgan fingerprint density at radius 1 is 1.40 bits per heavy atom. The molecule has 10 heavy (non-hydrogen) atoms. The first-order chi connectivity index (χ1) is 4.93. The maximum absolute atomic E-state index is 3.17. The van der Waals surface area contributed by atoms with Crippen LogP contribution in [0.3, 0.4) is 0 Å². The van der Waals surface area contributed by atoms with E-state index in [0.717, 1.165) is 6.42 Å². The van der Waals surface area contributed by atoms with Gasteiger partial charge in [-0.1, -0.05) is 31.5 Å². The van der Waals surface area contributed by atoms with E-state index in [1.165, 1.54) is 18.4 Å². The summed E-state index contributed by atoms with van der Waals surface area (Å²) in [5, 5.41) is 0. The van der Waals surface area contributed by atoms with E-state index in [-0.39, 0.29) is 0 Å². The minimum Gasteiger partial charge on any atom is -0.0654 e. The van der Waals surface area contributed by atoms with Crippen LogP contribution in [0.2, 0.25) is 0 Å². The summed E-state index contributed by atoms with van der Waals surface area (Å²) in [6.45, 7) is 2.20. The maximum Gasteiger partial charge on any atom is -0.0149 e. The molecule has 0 aromatic heterocycles. The van der Waals surface area contributed by atoms with E-state index >= 15 is 0 Å². The molecule has 2 radical (unpaired) electrons. The van der Waals surface area contributed by atoms with Crippen LogP contribution < -0.4 is 0 Å². The Kier molecular flexibility index (Phi) is 3.01. The zero-order chi connectivity index (χ0) is 7.23. The molecule has 0 heteroatoms. The predicted octanol–water partition coefficient (Wildman–Crippen LogP) is 2.63. The molecule has 0 unspecified atom stereocenters. The van der Waals surface area contributed by atoms with E-state index in [2.05, 4.69) is 19.1 Å². The van der Waals surface area contributed by atoms with Crippen LogP contribution in [0.4, 0.5) is 0 Å². The van der Waals surface area contributed by atoms with Gasteiger partial charge < -0.3 is 0 Å². The fraction of sp³-hybridized carbons (Fsp3) is 0.400. The number of aryl methyl sites for hydroxylation is 1. The fourth-order valence-corrected chi connectivity index (χ4v) is 0.899. The maximum atomic E-state index is 3.17. The van der Waals surface area contributed by atoms with Gasteiger partial charge in [0.15, 0.2) is 0 Å². The second kappa shape index (κ2) is 4.10. The number of rotatable bonds is 3. The molecule has 0 saturated heterocycles. The third kappa shape index (κ3) is 2.22. The van der Waals surface area contributed by atoms with Crippen molar-refractivity contribution in [3.05, 3.63) is 35.9 Å². The highest BCUT2D eigenvalue weighted by Crippen LogP contribution is 2.01. The first-order valence-electron chi connectivity index (χ1n) is 3.80. The minimum atomic E-state index is 1.15. The SMILES string of the molecule is CCCCc1[c]cc[c]c1. The van der Waals surface area contributed by atoms with Crippen molar-refractivity contribution in [1.82, 2.24) is 0 Å². The summed E-state index contributed by atoms with van der Waals surface area (Å²) < 4.78 is 0. The molecule has 0 aliphatic rings. The van der Waals surface area contributed by atoms with Crippen LogP contribution in [0, 0.1) is 12.1 Å². The van der Waals surface area contributed by atoms with Gasteiger partial charge in [-0.05, 0) is 30.5 Å². The van der Waals surface area contributed by atoms with E-state index in [1.54, 1.807) is 0 Å². The van der Waals surface area contributed by atoms with Crippen molar-refractivity contribution < 1.29 is 0 Å². The lowest BCUT2D eigenvalue weighted by molar-refractivity contribution is 0.794. The van der Waals surface area contributed by atoms with Gasteiger partial charge >= 0.3 is 0 Å². The van der Waals surface area contributed by atoms with Crippen molar-refractivity contribution in [2.24, 2.45) is 0 Å².